The summed E-state index contributed by atoms with van der Waals surface area (Å²) in [7, 11) is -0.932. The third kappa shape index (κ3) is 3.40. The van der Waals surface area contributed by atoms with Gasteiger partial charge >= 0.3 is 0 Å². The molecular weight excluding hydrogens is 408 g/mol. The van der Waals surface area contributed by atoms with Crippen LogP contribution in [0.2, 0.25) is 0 Å². The minimum Gasteiger partial charge on any atom is -0.493 e. The Hall–Kier alpha value is -2.32. The van der Waals surface area contributed by atoms with Gasteiger partial charge in [-0.3, -0.25) is 9.71 Å². The average Bonchev–Trinajstić information content (AvgIpc) is 2.61. The van der Waals surface area contributed by atoms with Crippen molar-refractivity contribution in [2.45, 2.75) is 4.90 Å². The molecular formula is C17H15BrN2O4S. The molecule has 0 atom stereocenters. The molecule has 25 heavy (non-hydrogen) atoms. The first-order valence-corrected chi connectivity index (χ1v) is 9.52. The van der Waals surface area contributed by atoms with Crippen molar-refractivity contribution in [3.05, 3.63) is 53.1 Å². The second kappa shape index (κ2) is 6.89. The molecule has 0 aliphatic rings. The number of rotatable bonds is 5. The van der Waals surface area contributed by atoms with Gasteiger partial charge in [0, 0.05) is 22.1 Å². The summed E-state index contributed by atoms with van der Waals surface area (Å²) in [5.41, 5.74) is 0.977. The SMILES string of the molecule is COc1cc(Br)c(S(=O)(=O)Nc2cccc3cccnc23)cc1OC. The molecule has 0 radical (unpaired) electrons. The number of nitrogens with one attached hydrogen (secondary N) is 1. The van der Waals surface area contributed by atoms with Crippen molar-refractivity contribution in [3.8, 4) is 11.5 Å². The van der Waals surface area contributed by atoms with Gasteiger partial charge in [-0.1, -0.05) is 18.2 Å². The zero-order chi connectivity index (χ0) is 18.0. The van der Waals surface area contributed by atoms with E-state index in [9.17, 15) is 8.42 Å². The van der Waals surface area contributed by atoms with Crippen molar-refractivity contribution in [3.63, 3.8) is 0 Å². The number of fused-ring (bicyclic) bond motifs is 1. The molecule has 0 unspecified atom stereocenters. The molecule has 0 aliphatic carbocycles. The molecule has 0 saturated carbocycles. The molecule has 1 N–H and O–H groups in total. The van der Waals surface area contributed by atoms with E-state index < -0.39 is 10.0 Å². The van der Waals surface area contributed by atoms with Crippen LogP contribution in [-0.4, -0.2) is 27.6 Å². The summed E-state index contributed by atoms with van der Waals surface area (Å²) in [6.45, 7) is 0. The Morgan fingerprint density at radius 2 is 1.72 bits per heavy atom. The number of aromatic nitrogens is 1. The first-order valence-electron chi connectivity index (χ1n) is 7.24. The quantitative estimate of drug-likeness (QED) is 0.675. The van der Waals surface area contributed by atoms with Gasteiger partial charge in [0.15, 0.2) is 11.5 Å². The smallest absolute Gasteiger partial charge is 0.263 e. The molecule has 1 heterocycles. The maximum absolute atomic E-state index is 12.9. The summed E-state index contributed by atoms with van der Waals surface area (Å²) in [5, 5.41) is 0.842. The summed E-state index contributed by atoms with van der Waals surface area (Å²) in [6.07, 6.45) is 1.62. The third-order valence-corrected chi connectivity index (χ3v) is 5.93. The maximum Gasteiger partial charge on any atom is 0.263 e. The van der Waals surface area contributed by atoms with Crippen LogP contribution in [-0.2, 0) is 10.0 Å². The molecule has 0 fully saturated rings. The zero-order valence-electron chi connectivity index (χ0n) is 13.5. The molecule has 6 nitrogen and oxygen atoms in total. The largest absolute Gasteiger partial charge is 0.493 e. The Morgan fingerprint density at radius 1 is 1.04 bits per heavy atom. The fourth-order valence-corrected chi connectivity index (χ4v) is 4.53. The fraction of sp³-hybridized carbons (Fsp3) is 0.118. The van der Waals surface area contributed by atoms with E-state index in [1.54, 1.807) is 30.5 Å². The van der Waals surface area contributed by atoms with Gasteiger partial charge in [-0.25, -0.2) is 8.42 Å². The van der Waals surface area contributed by atoms with E-state index in [-0.39, 0.29) is 4.90 Å². The second-order valence-electron chi connectivity index (χ2n) is 5.12. The predicted octanol–water partition coefficient (Wildman–Crippen LogP) is 3.82. The summed E-state index contributed by atoms with van der Waals surface area (Å²) >= 11 is 3.28. The molecule has 0 aliphatic heterocycles. The highest BCUT2D eigenvalue weighted by atomic mass is 79.9. The summed E-state index contributed by atoms with van der Waals surface area (Å²) in [6, 6.07) is 11.9. The van der Waals surface area contributed by atoms with Crippen molar-refractivity contribution in [1.82, 2.24) is 4.98 Å². The first kappa shape index (κ1) is 17.5. The number of pyridine rings is 1. The van der Waals surface area contributed by atoms with Crippen molar-refractivity contribution in [1.29, 1.82) is 0 Å². The van der Waals surface area contributed by atoms with Crippen molar-refractivity contribution < 1.29 is 17.9 Å². The minimum atomic E-state index is -3.87. The molecule has 3 rings (SSSR count). The lowest BCUT2D eigenvalue weighted by atomic mass is 10.2. The van der Waals surface area contributed by atoms with Gasteiger partial charge in [-0.2, -0.15) is 0 Å². The Bertz CT molecular complexity index is 1030. The number of nitrogens with zero attached hydrogens (tertiary/aromatic N) is 1. The van der Waals surface area contributed by atoms with Crippen LogP contribution < -0.4 is 14.2 Å². The van der Waals surface area contributed by atoms with E-state index in [0.29, 0.717) is 27.2 Å². The number of para-hydroxylation sites is 1. The lowest BCUT2D eigenvalue weighted by Crippen LogP contribution is -2.14. The minimum absolute atomic E-state index is 0.0399. The van der Waals surface area contributed by atoms with E-state index in [0.717, 1.165) is 5.39 Å². The van der Waals surface area contributed by atoms with Crippen LogP contribution in [0, 0.1) is 0 Å². The van der Waals surface area contributed by atoms with Crippen molar-refractivity contribution in [2.24, 2.45) is 0 Å². The van der Waals surface area contributed by atoms with Gasteiger partial charge in [0.1, 0.15) is 4.90 Å². The van der Waals surface area contributed by atoms with Gasteiger partial charge in [-0.15, -0.1) is 0 Å². The zero-order valence-corrected chi connectivity index (χ0v) is 15.9. The Balaban J connectivity index is 2.08. The summed E-state index contributed by atoms with van der Waals surface area (Å²) < 4.78 is 39.1. The van der Waals surface area contributed by atoms with Gasteiger partial charge in [0.05, 0.1) is 25.4 Å². The Labute approximate surface area is 154 Å². The molecule has 0 amide bonds. The predicted molar refractivity (Wildman–Crippen MR) is 99.8 cm³/mol. The lowest BCUT2D eigenvalue weighted by molar-refractivity contribution is 0.353. The van der Waals surface area contributed by atoms with Crippen LogP contribution in [0.4, 0.5) is 5.69 Å². The number of sulfonamides is 1. The van der Waals surface area contributed by atoms with Crippen LogP contribution in [0.1, 0.15) is 0 Å². The number of hydrogen-bond acceptors (Lipinski definition) is 5. The van der Waals surface area contributed by atoms with Crippen LogP contribution in [0.15, 0.2) is 58.0 Å². The molecule has 0 saturated heterocycles. The second-order valence-corrected chi connectivity index (χ2v) is 7.63. The topological polar surface area (TPSA) is 77.5 Å². The number of benzene rings is 2. The van der Waals surface area contributed by atoms with E-state index in [4.69, 9.17) is 9.47 Å². The molecule has 0 bridgehead atoms. The summed E-state index contributed by atoms with van der Waals surface area (Å²) in [4.78, 5) is 4.30. The number of halogens is 1. The highest BCUT2D eigenvalue weighted by molar-refractivity contribution is 9.10. The maximum atomic E-state index is 12.9. The Kier molecular flexibility index (Phi) is 4.82. The highest BCUT2D eigenvalue weighted by Gasteiger charge is 2.22. The van der Waals surface area contributed by atoms with E-state index in [2.05, 4.69) is 25.6 Å². The monoisotopic (exact) mass is 422 g/mol. The van der Waals surface area contributed by atoms with Crippen LogP contribution in [0.3, 0.4) is 0 Å². The molecule has 1 aromatic heterocycles. The first-order chi connectivity index (χ1) is 12.0. The van der Waals surface area contributed by atoms with Gasteiger partial charge in [-0.05, 0) is 34.1 Å². The van der Waals surface area contributed by atoms with Crippen LogP contribution in [0.5, 0.6) is 11.5 Å². The highest BCUT2D eigenvalue weighted by Crippen LogP contribution is 2.36. The number of anilines is 1. The summed E-state index contributed by atoms with van der Waals surface area (Å²) in [5.74, 6) is 0.752. The van der Waals surface area contributed by atoms with Gasteiger partial charge < -0.3 is 9.47 Å². The number of methoxy groups -OCH3 is 2. The van der Waals surface area contributed by atoms with E-state index in [1.165, 1.54) is 20.3 Å². The molecule has 2 aromatic carbocycles. The molecule has 3 aromatic rings. The van der Waals surface area contributed by atoms with Gasteiger partial charge in [0.25, 0.3) is 10.0 Å². The Morgan fingerprint density at radius 3 is 2.44 bits per heavy atom. The average molecular weight is 423 g/mol. The van der Waals surface area contributed by atoms with Crippen LogP contribution in [0.25, 0.3) is 10.9 Å². The van der Waals surface area contributed by atoms with Gasteiger partial charge in [0.2, 0.25) is 0 Å². The lowest BCUT2D eigenvalue weighted by Gasteiger charge is -2.14. The van der Waals surface area contributed by atoms with E-state index in [1.807, 2.05) is 12.1 Å². The number of hydrogen-bond donors (Lipinski definition) is 1. The third-order valence-electron chi connectivity index (χ3n) is 3.60. The van der Waals surface area contributed by atoms with Crippen molar-refractivity contribution >= 4 is 42.5 Å². The molecule has 130 valence electrons. The molecule has 0 spiro atoms. The van der Waals surface area contributed by atoms with E-state index >= 15 is 0 Å². The van der Waals surface area contributed by atoms with Crippen molar-refractivity contribution in [2.75, 3.05) is 18.9 Å². The normalized spacial score (nSPS) is 11.3. The number of ether oxygens (including phenoxy) is 2. The molecule has 8 heteroatoms. The van der Waals surface area contributed by atoms with Crippen LogP contribution >= 0.6 is 15.9 Å². The fourth-order valence-electron chi connectivity index (χ4n) is 2.43. The standard InChI is InChI=1S/C17H15BrN2O4S/c1-23-14-9-12(18)16(10-15(14)24-2)25(21,22)20-13-7-3-5-11-6-4-8-19-17(11)13/h3-10,20H,1-2H3.